The summed E-state index contributed by atoms with van der Waals surface area (Å²) in [5.74, 6) is -0.0276. The van der Waals surface area contributed by atoms with Crippen LogP contribution in [0.4, 0.5) is 0 Å². The molecule has 0 spiro atoms. The zero-order chi connectivity index (χ0) is 14.2. The summed E-state index contributed by atoms with van der Waals surface area (Å²) in [5.41, 5.74) is 8.58. The van der Waals surface area contributed by atoms with Crippen LogP contribution in [0.1, 0.15) is 21.5 Å². The Kier molecular flexibility index (Phi) is 5.33. The molecule has 3 heteroatoms. The molecule has 3 N–H and O–H groups in total. The fourth-order valence-corrected chi connectivity index (χ4v) is 2.06. The number of benzene rings is 2. The van der Waals surface area contributed by atoms with Crippen molar-refractivity contribution < 1.29 is 4.79 Å². The van der Waals surface area contributed by atoms with Crippen LogP contribution in [0.2, 0.25) is 0 Å². The Morgan fingerprint density at radius 3 is 2.20 bits per heavy atom. The molecule has 0 fully saturated rings. The van der Waals surface area contributed by atoms with Crippen LogP contribution in [0.3, 0.4) is 0 Å². The molecule has 0 heterocycles. The second kappa shape index (κ2) is 7.46. The van der Waals surface area contributed by atoms with Crippen LogP contribution in [-0.2, 0) is 12.8 Å². The van der Waals surface area contributed by atoms with E-state index in [0.29, 0.717) is 18.7 Å². The maximum absolute atomic E-state index is 12.0. The summed E-state index contributed by atoms with van der Waals surface area (Å²) in [6.07, 6.45) is 1.69. The first kappa shape index (κ1) is 14.3. The largest absolute Gasteiger partial charge is 0.352 e. The minimum Gasteiger partial charge on any atom is -0.352 e. The van der Waals surface area contributed by atoms with E-state index in [0.717, 1.165) is 18.4 Å². The van der Waals surface area contributed by atoms with Crippen molar-refractivity contribution >= 4 is 5.91 Å². The van der Waals surface area contributed by atoms with E-state index in [-0.39, 0.29) is 5.91 Å². The first-order valence-electron chi connectivity index (χ1n) is 6.91. The standard InChI is InChI=1S/C17H20N2O/c18-12-10-15-6-8-16(9-7-15)17(20)19-13-11-14-4-2-1-3-5-14/h1-9H,10-13,18H2,(H,19,20). The van der Waals surface area contributed by atoms with Crippen LogP contribution in [0.15, 0.2) is 54.6 Å². The topological polar surface area (TPSA) is 55.1 Å². The molecular formula is C17H20N2O. The number of carbonyl (C=O) groups excluding carboxylic acids is 1. The summed E-state index contributed by atoms with van der Waals surface area (Å²) in [5, 5.41) is 2.94. The van der Waals surface area contributed by atoms with Crippen molar-refractivity contribution in [1.29, 1.82) is 0 Å². The number of nitrogens with two attached hydrogens (primary N) is 1. The van der Waals surface area contributed by atoms with Crippen molar-refractivity contribution in [3.63, 3.8) is 0 Å². The van der Waals surface area contributed by atoms with Crippen LogP contribution < -0.4 is 11.1 Å². The molecule has 20 heavy (non-hydrogen) atoms. The molecule has 0 saturated carbocycles. The van der Waals surface area contributed by atoms with E-state index in [1.807, 2.05) is 42.5 Å². The zero-order valence-corrected chi connectivity index (χ0v) is 11.5. The molecule has 0 unspecified atom stereocenters. The Bertz CT molecular complexity index is 535. The van der Waals surface area contributed by atoms with Crippen LogP contribution in [0.25, 0.3) is 0 Å². The predicted molar refractivity (Wildman–Crippen MR) is 81.7 cm³/mol. The lowest BCUT2D eigenvalue weighted by molar-refractivity contribution is 0.0954. The van der Waals surface area contributed by atoms with Crippen LogP contribution >= 0.6 is 0 Å². The van der Waals surface area contributed by atoms with E-state index in [2.05, 4.69) is 17.4 Å². The monoisotopic (exact) mass is 268 g/mol. The lowest BCUT2D eigenvalue weighted by Gasteiger charge is -2.06. The van der Waals surface area contributed by atoms with Gasteiger partial charge in [-0.05, 0) is 42.6 Å². The smallest absolute Gasteiger partial charge is 0.251 e. The van der Waals surface area contributed by atoms with Gasteiger partial charge in [0.15, 0.2) is 0 Å². The van der Waals surface area contributed by atoms with Crippen molar-refractivity contribution in [3.05, 3.63) is 71.3 Å². The van der Waals surface area contributed by atoms with Gasteiger partial charge in [0.2, 0.25) is 0 Å². The minimum atomic E-state index is -0.0276. The maximum atomic E-state index is 12.0. The third kappa shape index (κ3) is 4.21. The van der Waals surface area contributed by atoms with Gasteiger partial charge in [0.1, 0.15) is 0 Å². The van der Waals surface area contributed by atoms with E-state index < -0.39 is 0 Å². The second-order valence-electron chi connectivity index (χ2n) is 4.73. The van der Waals surface area contributed by atoms with Gasteiger partial charge in [-0.2, -0.15) is 0 Å². The van der Waals surface area contributed by atoms with Gasteiger partial charge in [-0.15, -0.1) is 0 Å². The lowest BCUT2D eigenvalue weighted by Crippen LogP contribution is -2.25. The molecule has 104 valence electrons. The number of carbonyl (C=O) groups is 1. The van der Waals surface area contributed by atoms with Crippen LogP contribution in [0, 0.1) is 0 Å². The van der Waals surface area contributed by atoms with Crippen molar-refractivity contribution in [2.24, 2.45) is 5.73 Å². The molecular weight excluding hydrogens is 248 g/mol. The lowest BCUT2D eigenvalue weighted by atomic mass is 10.1. The Morgan fingerprint density at radius 2 is 1.55 bits per heavy atom. The molecule has 2 aromatic rings. The van der Waals surface area contributed by atoms with Crippen LogP contribution in [-0.4, -0.2) is 19.0 Å². The fraction of sp³-hybridized carbons (Fsp3) is 0.235. The van der Waals surface area contributed by atoms with E-state index in [1.54, 1.807) is 0 Å². The summed E-state index contributed by atoms with van der Waals surface area (Å²) in [6.45, 7) is 1.27. The number of hydrogen-bond acceptors (Lipinski definition) is 2. The second-order valence-corrected chi connectivity index (χ2v) is 4.73. The van der Waals surface area contributed by atoms with Crippen molar-refractivity contribution in [3.8, 4) is 0 Å². The molecule has 0 atom stereocenters. The summed E-state index contributed by atoms with van der Waals surface area (Å²) < 4.78 is 0. The molecule has 0 aliphatic heterocycles. The quantitative estimate of drug-likeness (QED) is 0.843. The van der Waals surface area contributed by atoms with E-state index in [9.17, 15) is 4.79 Å². The molecule has 2 rings (SSSR count). The van der Waals surface area contributed by atoms with Crippen molar-refractivity contribution in [2.45, 2.75) is 12.8 Å². The van der Waals surface area contributed by atoms with Gasteiger partial charge in [-0.3, -0.25) is 4.79 Å². The average molecular weight is 268 g/mol. The van der Waals surface area contributed by atoms with Crippen molar-refractivity contribution in [2.75, 3.05) is 13.1 Å². The molecule has 0 saturated heterocycles. The van der Waals surface area contributed by atoms with Gasteiger partial charge in [-0.1, -0.05) is 42.5 Å². The van der Waals surface area contributed by atoms with E-state index >= 15 is 0 Å². The molecule has 0 aliphatic carbocycles. The number of rotatable bonds is 6. The third-order valence-electron chi connectivity index (χ3n) is 3.19. The van der Waals surface area contributed by atoms with Gasteiger partial charge in [0.05, 0.1) is 0 Å². The van der Waals surface area contributed by atoms with Gasteiger partial charge in [-0.25, -0.2) is 0 Å². The third-order valence-corrected chi connectivity index (χ3v) is 3.19. The van der Waals surface area contributed by atoms with Crippen LogP contribution in [0.5, 0.6) is 0 Å². The predicted octanol–water partition coefficient (Wildman–Crippen LogP) is 2.16. The van der Waals surface area contributed by atoms with Gasteiger partial charge in [0.25, 0.3) is 5.91 Å². The SMILES string of the molecule is NCCc1ccc(C(=O)NCCc2ccccc2)cc1. The molecule has 0 aromatic heterocycles. The Balaban J connectivity index is 1.82. The maximum Gasteiger partial charge on any atom is 0.251 e. The summed E-state index contributed by atoms with van der Waals surface area (Å²) in [6, 6.07) is 17.7. The van der Waals surface area contributed by atoms with Gasteiger partial charge >= 0.3 is 0 Å². The first-order valence-corrected chi connectivity index (χ1v) is 6.91. The molecule has 3 nitrogen and oxygen atoms in total. The van der Waals surface area contributed by atoms with Crippen molar-refractivity contribution in [1.82, 2.24) is 5.32 Å². The van der Waals surface area contributed by atoms with Gasteiger partial charge in [0, 0.05) is 12.1 Å². The first-order chi connectivity index (χ1) is 9.79. The van der Waals surface area contributed by atoms with E-state index in [4.69, 9.17) is 5.73 Å². The highest BCUT2D eigenvalue weighted by molar-refractivity contribution is 5.94. The Hall–Kier alpha value is -2.13. The normalized spacial score (nSPS) is 10.2. The highest BCUT2D eigenvalue weighted by Crippen LogP contribution is 2.05. The molecule has 2 aromatic carbocycles. The summed E-state index contributed by atoms with van der Waals surface area (Å²) in [7, 11) is 0. The average Bonchev–Trinajstić information content (AvgIpc) is 2.49. The molecule has 0 bridgehead atoms. The highest BCUT2D eigenvalue weighted by Gasteiger charge is 2.04. The Morgan fingerprint density at radius 1 is 0.900 bits per heavy atom. The molecule has 0 radical (unpaired) electrons. The van der Waals surface area contributed by atoms with E-state index in [1.165, 1.54) is 5.56 Å². The highest BCUT2D eigenvalue weighted by atomic mass is 16.1. The molecule has 1 amide bonds. The fourth-order valence-electron chi connectivity index (χ4n) is 2.06. The summed E-state index contributed by atoms with van der Waals surface area (Å²) >= 11 is 0. The number of nitrogens with one attached hydrogen (secondary N) is 1. The molecule has 0 aliphatic rings. The van der Waals surface area contributed by atoms with Gasteiger partial charge < -0.3 is 11.1 Å². The zero-order valence-electron chi connectivity index (χ0n) is 11.5. The summed E-state index contributed by atoms with van der Waals surface area (Å²) in [4.78, 5) is 12.0. The minimum absolute atomic E-state index is 0.0276. The number of amides is 1. The number of hydrogen-bond donors (Lipinski definition) is 2. The Labute approximate surface area is 119 Å².